The van der Waals surface area contributed by atoms with Crippen molar-refractivity contribution < 1.29 is 9.53 Å². The van der Waals surface area contributed by atoms with Crippen LogP contribution in [0.4, 0.5) is 0 Å². The van der Waals surface area contributed by atoms with Gasteiger partial charge in [-0.05, 0) is 32.0 Å². The zero-order chi connectivity index (χ0) is 10.8. The van der Waals surface area contributed by atoms with Crippen molar-refractivity contribution in [2.45, 2.75) is 19.4 Å². The van der Waals surface area contributed by atoms with E-state index >= 15 is 0 Å². The van der Waals surface area contributed by atoms with Crippen molar-refractivity contribution in [3.8, 4) is 5.06 Å². The van der Waals surface area contributed by atoms with Crippen LogP contribution in [-0.4, -0.2) is 25.5 Å². The van der Waals surface area contributed by atoms with E-state index in [9.17, 15) is 4.79 Å². The van der Waals surface area contributed by atoms with E-state index in [0.29, 0.717) is 6.04 Å². The second-order valence-electron chi connectivity index (χ2n) is 3.83. The monoisotopic (exact) mass is 225 g/mol. The second kappa shape index (κ2) is 4.33. The number of carbonyl (C=O) groups excluding carboxylic acids is 1. The number of ketones is 1. The van der Waals surface area contributed by atoms with E-state index in [2.05, 4.69) is 12.2 Å². The molecule has 4 heteroatoms. The van der Waals surface area contributed by atoms with Crippen LogP contribution in [0.5, 0.6) is 5.06 Å². The summed E-state index contributed by atoms with van der Waals surface area (Å²) < 4.78 is 5.09. The molecule has 0 aromatic carbocycles. The van der Waals surface area contributed by atoms with Gasteiger partial charge in [0.15, 0.2) is 10.8 Å². The van der Waals surface area contributed by atoms with Crippen LogP contribution >= 0.6 is 11.3 Å². The molecule has 0 amide bonds. The van der Waals surface area contributed by atoms with Gasteiger partial charge in [-0.3, -0.25) is 4.79 Å². The summed E-state index contributed by atoms with van der Waals surface area (Å²) >= 11 is 1.43. The summed E-state index contributed by atoms with van der Waals surface area (Å²) in [7, 11) is 1.62. The molecular weight excluding hydrogens is 210 g/mol. The van der Waals surface area contributed by atoms with Gasteiger partial charge in [-0.1, -0.05) is 11.3 Å². The Morgan fingerprint density at radius 2 is 2.40 bits per heavy atom. The van der Waals surface area contributed by atoms with Crippen LogP contribution in [0.15, 0.2) is 12.1 Å². The summed E-state index contributed by atoms with van der Waals surface area (Å²) in [5.41, 5.74) is 0. The van der Waals surface area contributed by atoms with Gasteiger partial charge in [-0.25, -0.2) is 0 Å². The first-order chi connectivity index (χ1) is 7.22. The van der Waals surface area contributed by atoms with Gasteiger partial charge in [-0.2, -0.15) is 0 Å². The Hall–Kier alpha value is -0.870. The lowest BCUT2D eigenvalue weighted by Gasteiger charge is -2.11. The molecule has 2 rings (SSSR count). The molecule has 3 nitrogen and oxygen atoms in total. The number of carbonyl (C=O) groups is 1. The highest BCUT2D eigenvalue weighted by Crippen LogP contribution is 2.29. The van der Waals surface area contributed by atoms with Crippen molar-refractivity contribution >= 4 is 17.1 Å². The minimum atomic E-state index is 0.133. The number of rotatable bonds is 3. The molecule has 1 N–H and O–H groups in total. The van der Waals surface area contributed by atoms with Gasteiger partial charge in [0.1, 0.15) is 0 Å². The molecule has 0 saturated carbocycles. The molecule has 0 aliphatic carbocycles. The molecule has 2 atom stereocenters. The second-order valence-corrected chi connectivity index (χ2v) is 4.87. The Labute approximate surface area is 93.4 Å². The van der Waals surface area contributed by atoms with Crippen LogP contribution < -0.4 is 10.1 Å². The quantitative estimate of drug-likeness (QED) is 0.799. The molecule has 1 aromatic rings. The van der Waals surface area contributed by atoms with E-state index in [-0.39, 0.29) is 11.7 Å². The minimum Gasteiger partial charge on any atom is -0.487 e. The van der Waals surface area contributed by atoms with Gasteiger partial charge in [0.25, 0.3) is 0 Å². The summed E-state index contributed by atoms with van der Waals surface area (Å²) in [6, 6.07) is 4.01. The van der Waals surface area contributed by atoms with Gasteiger partial charge in [0.05, 0.1) is 12.0 Å². The molecule has 1 aromatic heterocycles. The largest absolute Gasteiger partial charge is 0.487 e. The van der Waals surface area contributed by atoms with Crippen molar-refractivity contribution in [1.82, 2.24) is 5.32 Å². The fraction of sp³-hybridized carbons (Fsp3) is 0.545. The third-order valence-electron chi connectivity index (χ3n) is 2.89. The maximum absolute atomic E-state index is 12.1. The summed E-state index contributed by atoms with van der Waals surface area (Å²) in [6.07, 6.45) is 0.945. The number of Topliss-reactive ketones (excluding diaryl/α,β-unsaturated/α-hetero) is 1. The summed E-state index contributed by atoms with van der Waals surface area (Å²) in [5, 5.41) is 4.10. The number of ether oxygens (including phenoxy) is 1. The van der Waals surface area contributed by atoms with Crippen molar-refractivity contribution in [3.05, 3.63) is 17.0 Å². The highest BCUT2D eigenvalue weighted by Gasteiger charge is 2.30. The lowest BCUT2D eigenvalue weighted by atomic mass is 9.96. The summed E-state index contributed by atoms with van der Waals surface area (Å²) in [6.45, 7) is 3.01. The molecule has 2 heterocycles. The maximum atomic E-state index is 12.1. The fourth-order valence-electron chi connectivity index (χ4n) is 1.96. The number of hydrogen-bond donors (Lipinski definition) is 1. The Balaban J connectivity index is 2.13. The van der Waals surface area contributed by atoms with Crippen molar-refractivity contribution in [3.63, 3.8) is 0 Å². The van der Waals surface area contributed by atoms with E-state index in [1.165, 1.54) is 11.3 Å². The highest BCUT2D eigenvalue weighted by molar-refractivity contribution is 7.15. The van der Waals surface area contributed by atoms with Crippen LogP contribution in [0.25, 0.3) is 0 Å². The van der Waals surface area contributed by atoms with E-state index in [0.717, 1.165) is 22.9 Å². The number of methoxy groups -OCH3 is 1. The molecule has 1 aliphatic heterocycles. The van der Waals surface area contributed by atoms with Gasteiger partial charge in [0, 0.05) is 12.0 Å². The van der Waals surface area contributed by atoms with Gasteiger partial charge in [-0.15, -0.1) is 0 Å². The molecule has 1 fully saturated rings. The van der Waals surface area contributed by atoms with Gasteiger partial charge in [0.2, 0.25) is 0 Å². The molecule has 1 saturated heterocycles. The average molecular weight is 225 g/mol. The molecule has 15 heavy (non-hydrogen) atoms. The Bertz CT molecular complexity index is 361. The standard InChI is InChI=1S/C11H15NO2S/c1-7-8(5-6-12-7)11(13)9-3-4-10(14-2)15-9/h3-4,7-8,12H,5-6H2,1-2H3. The first-order valence-electron chi connectivity index (χ1n) is 5.14. The summed E-state index contributed by atoms with van der Waals surface area (Å²) in [5.74, 6) is 0.383. The highest BCUT2D eigenvalue weighted by atomic mass is 32.1. The fourth-order valence-corrected chi connectivity index (χ4v) is 2.79. The Morgan fingerprint density at radius 1 is 1.60 bits per heavy atom. The normalized spacial score (nSPS) is 25.5. The lowest BCUT2D eigenvalue weighted by molar-refractivity contribution is 0.0918. The molecule has 2 unspecified atom stereocenters. The first-order valence-corrected chi connectivity index (χ1v) is 5.95. The average Bonchev–Trinajstić information content (AvgIpc) is 2.84. The van der Waals surface area contributed by atoms with Crippen LogP contribution in [0.2, 0.25) is 0 Å². The third kappa shape index (κ3) is 2.06. The van der Waals surface area contributed by atoms with Crippen molar-refractivity contribution in [2.75, 3.05) is 13.7 Å². The predicted molar refractivity (Wildman–Crippen MR) is 60.8 cm³/mol. The van der Waals surface area contributed by atoms with Gasteiger partial charge < -0.3 is 10.1 Å². The Morgan fingerprint density at radius 3 is 2.93 bits per heavy atom. The van der Waals surface area contributed by atoms with Crippen LogP contribution in [0.3, 0.4) is 0 Å². The zero-order valence-corrected chi connectivity index (χ0v) is 9.76. The topological polar surface area (TPSA) is 38.3 Å². The van der Waals surface area contributed by atoms with Crippen LogP contribution in [0, 0.1) is 5.92 Å². The predicted octanol–water partition coefficient (Wildman–Crippen LogP) is 1.94. The SMILES string of the molecule is COc1ccc(C(=O)C2CCNC2C)s1. The third-order valence-corrected chi connectivity index (χ3v) is 3.95. The van der Waals surface area contributed by atoms with Crippen molar-refractivity contribution in [1.29, 1.82) is 0 Å². The maximum Gasteiger partial charge on any atom is 0.177 e. The lowest BCUT2D eigenvalue weighted by Crippen LogP contribution is -2.27. The number of nitrogens with one attached hydrogen (secondary N) is 1. The van der Waals surface area contributed by atoms with E-state index in [1.54, 1.807) is 7.11 Å². The zero-order valence-electron chi connectivity index (χ0n) is 8.95. The minimum absolute atomic E-state index is 0.133. The Kier molecular flexibility index (Phi) is 3.07. The number of hydrogen-bond acceptors (Lipinski definition) is 4. The van der Waals surface area contributed by atoms with E-state index in [4.69, 9.17) is 4.74 Å². The van der Waals surface area contributed by atoms with E-state index in [1.807, 2.05) is 12.1 Å². The van der Waals surface area contributed by atoms with Crippen molar-refractivity contribution in [2.24, 2.45) is 5.92 Å². The molecule has 0 bridgehead atoms. The summed E-state index contributed by atoms with van der Waals surface area (Å²) in [4.78, 5) is 12.9. The molecule has 0 spiro atoms. The first kappa shape index (κ1) is 10.6. The molecular formula is C11H15NO2S. The molecule has 0 radical (unpaired) electrons. The number of thiophene rings is 1. The van der Waals surface area contributed by atoms with E-state index < -0.39 is 0 Å². The van der Waals surface area contributed by atoms with Gasteiger partial charge >= 0.3 is 0 Å². The molecule has 82 valence electrons. The molecule has 1 aliphatic rings. The smallest absolute Gasteiger partial charge is 0.177 e. The van der Waals surface area contributed by atoms with Crippen LogP contribution in [-0.2, 0) is 0 Å². The van der Waals surface area contributed by atoms with Crippen LogP contribution in [0.1, 0.15) is 23.0 Å².